The molecule has 0 aliphatic heterocycles. The Morgan fingerprint density at radius 3 is 1.52 bits per heavy atom. The first-order chi connectivity index (χ1) is 12.5. The van der Waals surface area contributed by atoms with Crippen LogP contribution in [-0.4, -0.2) is 5.71 Å². The van der Waals surface area contributed by atoms with Crippen LogP contribution in [0.25, 0.3) is 5.70 Å². The number of aliphatic imine (C=N–C) groups is 1. The topological polar surface area (TPSA) is 12.4 Å². The molecule has 1 nitrogen and oxygen atoms in total. The molecule has 0 radical (unpaired) electrons. The second-order valence-corrected chi connectivity index (χ2v) is 9.35. The molecule has 0 heterocycles. The highest BCUT2D eigenvalue weighted by Gasteiger charge is 2.14. The van der Waals surface area contributed by atoms with Crippen molar-refractivity contribution in [3.8, 4) is 0 Å². The van der Waals surface area contributed by atoms with E-state index in [2.05, 4.69) is 110 Å². The summed E-state index contributed by atoms with van der Waals surface area (Å²) in [5.41, 5.74) is 7.49. The third-order valence-electron chi connectivity index (χ3n) is 4.90. The summed E-state index contributed by atoms with van der Waals surface area (Å²) in [6, 6.07) is 17.6. The van der Waals surface area contributed by atoms with Gasteiger partial charge in [0.05, 0.1) is 5.70 Å². The van der Waals surface area contributed by atoms with Gasteiger partial charge in [0, 0.05) is 5.71 Å². The van der Waals surface area contributed by atoms with Crippen molar-refractivity contribution < 1.29 is 0 Å². The first-order valence-corrected chi connectivity index (χ1v) is 9.99. The maximum Gasteiger partial charge on any atom is 0.0665 e. The molecule has 0 saturated carbocycles. The average Bonchev–Trinajstić information content (AvgIpc) is 2.60. The number of hydrogen-bond donors (Lipinski definition) is 0. The van der Waals surface area contributed by atoms with E-state index in [-0.39, 0.29) is 10.8 Å². The molecule has 2 aromatic carbocycles. The second kappa shape index (κ2) is 8.25. The van der Waals surface area contributed by atoms with E-state index in [9.17, 15) is 0 Å². The minimum Gasteiger partial charge on any atom is -0.253 e. The van der Waals surface area contributed by atoms with Gasteiger partial charge >= 0.3 is 0 Å². The molecule has 0 aliphatic carbocycles. The third-order valence-corrected chi connectivity index (χ3v) is 4.90. The second-order valence-electron chi connectivity index (χ2n) is 9.35. The minimum atomic E-state index is 0.168. The Kier molecular flexibility index (Phi) is 6.46. The summed E-state index contributed by atoms with van der Waals surface area (Å²) in [6.07, 6.45) is 3.18. The average molecular weight is 362 g/mol. The predicted molar refractivity (Wildman–Crippen MR) is 121 cm³/mol. The van der Waals surface area contributed by atoms with Gasteiger partial charge in [0.1, 0.15) is 0 Å². The summed E-state index contributed by atoms with van der Waals surface area (Å²) < 4.78 is 0. The monoisotopic (exact) mass is 361 g/mol. The highest BCUT2D eigenvalue weighted by molar-refractivity contribution is 6.01. The van der Waals surface area contributed by atoms with Crippen molar-refractivity contribution >= 4 is 11.4 Å². The maximum atomic E-state index is 4.97. The van der Waals surface area contributed by atoms with Gasteiger partial charge in [0.15, 0.2) is 0 Å². The SMILES string of the molecule is CC/C=C(/N=C(C)c1ccc(C(C)(C)C)cc1)c1ccc(C(C)(C)C)cc1. The van der Waals surface area contributed by atoms with Gasteiger partial charge < -0.3 is 0 Å². The zero-order valence-electron chi connectivity index (χ0n) is 18.4. The fourth-order valence-corrected chi connectivity index (χ4v) is 3.02. The lowest BCUT2D eigenvalue weighted by Gasteiger charge is -2.19. The van der Waals surface area contributed by atoms with Crippen LogP contribution in [0.15, 0.2) is 59.6 Å². The lowest BCUT2D eigenvalue weighted by molar-refractivity contribution is 0.590. The molecule has 0 atom stereocenters. The lowest BCUT2D eigenvalue weighted by atomic mass is 9.86. The fraction of sp³-hybridized carbons (Fsp3) is 0.423. The van der Waals surface area contributed by atoms with Gasteiger partial charge in [-0.1, -0.05) is 103 Å². The Morgan fingerprint density at radius 1 is 0.741 bits per heavy atom. The van der Waals surface area contributed by atoms with E-state index < -0.39 is 0 Å². The predicted octanol–water partition coefficient (Wildman–Crippen LogP) is 7.54. The molecule has 27 heavy (non-hydrogen) atoms. The van der Waals surface area contributed by atoms with Gasteiger partial charge in [-0.05, 0) is 46.4 Å². The molecular formula is C26H35N. The first kappa shape index (κ1) is 21.2. The molecule has 0 unspecified atom stereocenters. The van der Waals surface area contributed by atoms with Crippen LogP contribution in [0, 0.1) is 0 Å². The van der Waals surface area contributed by atoms with Crippen LogP contribution in [-0.2, 0) is 10.8 Å². The minimum absolute atomic E-state index is 0.168. The summed E-state index contributed by atoms with van der Waals surface area (Å²) in [5.74, 6) is 0. The molecule has 0 amide bonds. The summed E-state index contributed by atoms with van der Waals surface area (Å²) in [7, 11) is 0. The van der Waals surface area contributed by atoms with E-state index in [1.165, 1.54) is 22.3 Å². The summed E-state index contributed by atoms with van der Waals surface area (Å²) in [6.45, 7) is 17.7. The van der Waals surface area contributed by atoms with Crippen molar-refractivity contribution in [3.63, 3.8) is 0 Å². The number of allylic oxidation sites excluding steroid dienone is 1. The van der Waals surface area contributed by atoms with E-state index in [4.69, 9.17) is 4.99 Å². The molecule has 0 aliphatic rings. The molecule has 0 bridgehead atoms. The Morgan fingerprint density at radius 2 is 1.15 bits per heavy atom. The van der Waals surface area contributed by atoms with Crippen molar-refractivity contribution in [3.05, 3.63) is 76.9 Å². The number of benzene rings is 2. The molecule has 0 N–H and O–H groups in total. The van der Waals surface area contributed by atoms with Gasteiger partial charge in [-0.3, -0.25) is 4.99 Å². The van der Waals surface area contributed by atoms with Gasteiger partial charge in [-0.2, -0.15) is 0 Å². The zero-order valence-corrected chi connectivity index (χ0v) is 18.4. The zero-order chi connectivity index (χ0) is 20.2. The van der Waals surface area contributed by atoms with Crippen molar-refractivity contribution in [2.24, 2.45) is 4.99 Å². The van der Waals surface area contributed by atoms with Gasteiger partial charge in [-0.25, -0.2) is 0 Å². The number of nitrogens with zero attached hydrogens (tertiary/aromatic N) is 1. The van der Waals surface area contributed by atoms with Crippen molar-refractivity contribution in [2.45, 2.75) is 72.6 Å². The molecular weight excluding hydrogens is 326 g/mol. The molecule has 2 rings (SSSR count). The van der Waals surface area contributed by atoms with E-state index in [1.807, 2.05) is 0 Å². The van der Waals surface area contributed by atoms with Crippen molar-refractivity contribution in [1.29, 1.82) is 0 Å². The fourth-order valence-electron chi connectivity index (χ4n) is 3.02. The van der Waals surface area contributed by atoms with Crippen LogP contribution in [0.4, 0.5) is 0 Å². The molecule has 1 heteroatoms. The Bertz CT molecular complexity index is 804. The van der Waals surface area contributed by atoms with Gasteiger partial charge in [-0.15, -0.1) is 0 Å². The summed E-state index contributed by atoms with van der Waals surface area (Å²) in [4.78, 5) is 4.97. The normalized spacial score (nSPS) is 13.8. The van der Waals surface area contributed by atoms with Crippen LogP contribution in [0.1, 0.15) is 84.1 Å². The van der Waals surface area contributed by atoms with Crippen LogP contribution >= 0.6 is 0 Å². The van der Waals surface area contributed by atoms with Crippen LogP contribution in [0.5, 0.6) is 0 Å². The lowest BCUT2D eigenvalue weighted by Crippen LogP contribution is -2.11. The molecule has 144 valence electrons. The number of hydrogen-bond acceptors (Lipinski definition) is 1. The van der Waals surface area contributed by atoms with E-state index >= 15 is 0 Å². The van der Waals surface area contributed by atoms with Crippen LogP contribution in [0.3, 0.4) is 0 Å². The van der Waals surface area contributed by atoms with Crippen LogP contribution in [0.2, 0.25) is 0 Å². The highest BCUT2D eigenvalue weighted by Crippen LogP contribution is 2.26. The van der Waals surface area contributed by atoms with Gasteiger partial charge in [0.25, 0.3) is 0 Å². The molecule has 0 fully saturated rings. The van der Waals surface area contributed by atoms with E-state index in [0.29, 0.717) is 0 Å². The smallest absolute Gasteiger partial charge is 0.0665 e. The first-order valence-electron chi connectivity index (χ1n) is 9.99. The Balaban J connectivity index is 2.33. The third kappa shape index (κ3) is 5.66. The van der Waals surface area contributed by atoms with E-state index in [0.717, 1.165) is 17.8 Å². The standard InChI is InChI=1S/C26H35N/c1-9-10-24(21-13-17-23(18-14-21)26(6,7)8)27-19(2)20-11-15-22(16-12-20)25(3,4)5/h10-18H,9H2,1-8H3/b24-10+,27-19?. The Labute approximate surface area is 166 Å². The largest absolute Gasteiger partial charge is 0.253 e. The number of rotatable bonds is 4. The maximum absolute atomic E-state index is 4.97. The summed E-state index contributed by atoms with van der Waals surface area (Å²) in [5, 5.41) is 0. The highest BCUT2D eigenvalue weighted by atomic mass is 14.8. The molecule has 0 aromatic heterocycles. The Hall–Kier alpha value is -2.15. The molecule has 0 spiro atoms. The van der Waals surface area contributed by atoms with Crippen LogP contribution < -0.4 is 0 Å². The van der Waals surface area contributed by atoms with Crippen molar-refractivity contribution in [2.75, 3.05) is 0 Å². The van der Waals surface area contributed by atoms with E-state index in [1.54, 1.807) is 0 Å². The summed E-state index contributed by atoms with van der Waals surface area (Å²) >= 11 is 0. The molecule has 0 saturated heterocycles. The van der Waals surface area contributed by atoms with Gasteiger partial charge in [0.2, 0.25) is 0 Å². The van der Waals surface area contributed by atoms with Crippen molar-refractivity contribution in [1.82, 2.24) is 0 Å². The molecule has 2 aromatic rings. The quantitative estimate of drug-likeness (QED) is 0.499.